The Morgan fingerprint density at radius 1 is 1.69 bits per heavy atom. The third-order valence-electron chi connectivity index (χ3n) is 2.69. The molecule has 1 aliphatic rings. The zero-order valence-corrected chi connectivity index (χ0v) is 9.16. The van der Waals surface area contributed by atoms with E-state index in [1.165, 1.54) is 30.6 Å². The van der Waals surface area contributed by atoms with Gasteiger partial charge in [0.1, 0.15) is 4.34 Å². The van der Waals surface area contributed by atoms with Crippen LogP contribution in [0.5, 0.6) is 0 Å². The highest BCUT2D eigenvalue weighted by Gasteiger charge is 2.24. The summed E-state index contributed by atoms with van der Waals surface area (Å²) in [4.78, 5) is 4.17. The molecule has 1 aromatic heterocycles. The van der Waals surface area contributed by atoms with Gasteiger partial charge in [-0.2, -0.15) is 0 Å². The van der Waals surface area contributed by atoms with Gasteiger partial charge in [0.25, 0.3) is 0 Å². The first-order valence-corrected chi connectivity index (χ1v) is 5.83. The van der Waals surface area contributed by atoms with Crippen LogP contribution >= 0.6 is 22.9 Å². The van der Waals surface area contributed by atoms with Gasteiger partial charge in [0.05, 0.1) is 6.20 Å². The van der Waals surface area contributed by atoms with E-state index in [-0.39, 0.29) is 0 Å². The van der Waals surface area contributed by atoms with Gasteiger partial charge in [0.2, 0.25) is 0 Å². The van der Waals surface area contributed by atoms with Crippen LogP contribution in [0.4, 0.5) is 5.13 Å². The molecule has 0 radical (unpaired) electrons. The molecule has 4 heteroatoms. The van der Waals surface area contributed by atoms with E-state index in [4.69, 9.17) is 11.6 Å². The predicted octanol–water partition coefficient (Wildman–Crippen LogP) is 3.40. The van der Waals surface area contributed by atoms with Gasteiger partial charge in [0, 0.05) is 6.04 Å². The van der Waals surface area contributed by atoms with E-state index in [2.05, 4.69) is 17.2 Å². The second kappa shape index (κ2) is 3.84. The molecule has 0 unspecified atom stereocenters. The van der Waals surface area contributed by atoms with Gasteiger partial charge in [-0.3, -0.25) is 0 Å². The van der Waals surface area contributed by atoms with E-state index in [9.17, 15) is 0 Å². The maximum atomic E-state index is 5.79. The molecule has 1 atom stereocenters. The number of thiazole rings is 1. The van der Waals surface area contributed by atoms with Crippen molar-refractivity contribution in [3.8, 4) is 0 Å². The lowest BCUT2D eigenvalue weighted by Crippen LogP contribution is -2.30. The fourth-order valence-corrected chi connectivity index (χ4v) is 2.48. The number of hydrogen-bond acceptors (Lipinski definition) is 3. The number of halogens is 1. The van der Waals surface area contributed by atoms with Crippen molar-refractivity contribution < 1.29 is 0 Å². The Bertz CT molecular complexity index is 283. The lowest BCUT2D eigenvalue weighted by molar-refractivity contribution is 0.285. The van der Waals surface area contributed by atoms with Crippen LogP contribution in [0.25, 0.3) is 0 Å². The SMILES string of the molecule is C[C@H](Nc1ncc(Cl)s1)C1CCC1. The smallest absolute Gasteiger partial charge is 0.184 e. The highest BCUT2D eigenvalue weighted by Crippen LogP contribution is 2.32. The van der Waals surface area contributed by atoms with Gasteiger partial charge >= 0.3 is 0 Å². The van der Waals surface area contributed by atoms with Crippen molar-refractivity contribution in [2.24, 2.45) is 5.92 Å². The molecule has 1 aromatic rings. The minimum Gasteiger partial charge on any atom is -0.359 e. The van der Waals surface area contributed by atoms with Crippen LogP contribution in [0, 0.1) is 5.92 Å². The molecule has 0 bridgehead atoms. The summed E-state index contributed by atoms with van der Waals surface area (Å²) in [5.41, 5.74) is 0. The number of nitrogens with one attached hydrogen (secondary N) is 1. The lowest BCUT2D eigenvalue weighted by atomic mass is 9.80. The van der Waals surface area contributed by atoms with Crippen molar-refractivity contribution in [3.63, 3.8) is 0 Å². The van der Waals surface area contributed by atoms with Crippen LogP contribution in [0.1, 0.15) is 26.2 Å². The van der Waals surface area contributed by atoms with Crippen LogP contribution in [0.2, 0.25) is 4.34 Å². The second-order valence-electron chi connectivity index (χ2n) is 3.59. The maximum absolute atomic E-state index is 5.79. The van der Waals surface area contributed by atoms with E-state index in [1.54, 1.807) is 6.20 Å². The van der Waals surface area contributed by atoms with Crippen LogP contribution < -0.4 is 5.32 Å². The third-order valence-corrected chi connectivity index (χ3v) is 3.73. The average Bonchev–Trinajstić information content (AvgIpc) is 2.31. The molecular weight excluding hydrogens is 204 g/mol. The van der Waals surface area contributed by atoms with E-state index in [0.29, 0.717) is 6.04 Å². The van der Waals surface area contributed by atoms with Crippen LogP contribution in [-0.2, 0) is 0 Å². The van der Waals surface area contributed by atoms with E-state index in [0.717, 1.165) is 15.4 Å². The summed E-state index contributed by atoms with van der Waals surface area (Å²) in [6, 6.07) is 0.538. The number of nitrogens with zero attached hydrogens (tertiary/aromatic N) is 1. The molecule has 1 fully saturated rings. The highest BCUT2D eigenvalue weighted by atomic mass is 35.5. The van der Waals surface area contributed by atoms with Crippen molar-refractivity contribution in [1.82, 2.24) is 4.98 Å². The Labute approximate surface area is 87.3 Å². The number of aromatic nitrogens is 1. The topological polar surface area (TPSA) is 24.9 Å². The summed E-state index contributed by atoms with van der Waals surface area (Å²) >= 11 is 7.30. The zero-order chi connectivity index (χ0) is 9.26. The summed E-state index contributed by atoms with van der Waals surface area (Å²) in [6.07, 6.45) is 5.79. The number of rotatable bonds is 3. The summed E-state index contributed by atoms with van der Waals surface area (Å²) in [5, 5.41) is 4.34. The zero-order valence-electron chi connectivity index (χ0n) is 7.59. The Hall–Kier alpha value is -0.280. The molecular formula is C9H13ClN2S. The summed E-state index contributed by atoms with van der Waals surface area (Å²) in [5.74, 6) is 0.836. The minimum absolute atomic E-state index is 0.538. The molecule has 0 aliphatic heterocycles. The van der Waals surface area contributed by atoms with Gasteiger partial charge in [-0.05, 0) is 25.7 Å². The molecule has 72 valence electrons. The first kappa shape index (κ1) is 9.28. The van der Waals surface area contributed by atoms with Crippen LogP contribution in [-0.4, -0.2) is 11.0 Å². The largest absolute Gasteiger partial charge is 0.359 e. The van der Waals surface area contributed by atoms with E-state index >= 15 is 0 Å². The third kappa shape index (κ3) is 2.15. The molecule has 0 aromatic carbocycles. The Morgan fingerprint density at radius 3 is 2.92 bits per heavy atom. The molecule has 0 saturated heterocycles. The van der Waals surface area contributed by atoms with Crippen molar-refractivity contribution in [2.45, 2.75) is 32.2 Å². The van der Waals surface area contributed by atoms with Crippen molar-refractivity contribution in [1.29, 1.82) is 0 Å². The molecule has 1 saturated carbocycles. The molecule has 2 rings (SSSR count). The minimum atomic E-state index is 0.538. The van der Waals surface area contributed by atoms with Gasteiger partial charge in [0.15, 0.2) is 5.13 Å². The van der Waals surface area contributed by atoms with Gasteiger partial charge in [-0.15, -0.1) is 0 Å². The van der Waals surface area contributed by atoms with Gasteiger partial charge in [-0.25, -0.2) is 4.98 Å². The van der Waals surface area contributed by atoms with Gasteiger partial charge < -0.3 is 5.32 Å². The second-order valence-corrected chi connectivity index (χ2v) is 5.26. The molecule has 0 spiro atoms. The summed E-state index contributed by atoms with van der Waals surface area (Å²) in [7, 11) is 0. The lowest BCUT2D eigenvalue weighted by Gasteiger charge is -2.31. The molecule has 2 nitrogen and oxygen atoms in total. The summed E-state index contributed by atoms with van der Waals surface area (Å²) in [6.45, 7) is 2.22. The first-order valence-electron chi connectivity index (χ1n) is 4.63. The van der Waals surface area contributed by atoms with Crippen LogP contribution in [0.3, 0.4) is 0 Å². The van der Waals surface area contributed by atoms with Crippen molar-refractivity contribution >= 4 is 28.1 Å². The normalized spacial score (nSPS) is 19.5. The number of anilines is 1. The number of hydrogen-bond donors (Lipinski definition) is 1. The van der Waals surface area contributed by atoms with Crippen LogP contribution in [0.15, 0.2) is 6.20 Å². The fraction of sp³-hybridized carbons (Fsp3) is 0.667. The Morgan fingerprint density at radius 2 is 2.46 bits per heavy atom. The van der Waals surface area contributed by atoms with Crippen molar-refractivity contribution in [3.05, 3.63) is 10.5 Å². The monoisotopic (exact) mass is 216 g/mol. The predicted molar refractivity (Wildman–Crippen MR) is 57.5 cm³/mol. The standard InChI is InChI=1S/C9H13ClN2S/c1-6(7-3-2-4-7)12-9-11-5-8(10)13-9/h5-7H,2-4H2,1H3,(H,11,12)/t6-/m0/s1. The molecule has 1 heterocycles. The summed E-state index contributed by atoms with van der Waals surface area (Å²) < 4.78 is 0.753. The van der Waals surface area contributed by atoms with Gasteiger partial charge in [-0.1, -0.05) is 29.4 Å². The Kier molecular flexibility index (Phi) is 2.74. The average molecular weight is 217 g/mol. The first-order chi connectivity index (χ1) is 6.25. The highest BCUT2D eigenvalue weighted by molar-refractivity contribution is 7.19. The molecule has 1 N–H and O–H groups in total. The molecule has 13 heavy (non-hydrogen) atoms. The van der Waals surface area contributed by atoms with Crippen molar-refractivity contribution in [2.75, 3.05) is 5.32 Å². The Balaban J connectivity index is 1.89. The molecule has 1 aliphatic carbocycles. The van der Waals surface area contributed by atoms with E-state index in [1.807, 2.05) is 0 Å². The molecule has 0 amide bonds. The maximum Gasteiger partial charge on any atom is 0.184 e. The fourth-order valence-electron chi connectivity index (χ4n) is 1.57. The quantitative estimate of drug-likeness (QED) is 0.838. The van der Waals surface area contributed by atoms with E-state index < -0.39 is 0 Å².